The predicted octanol–water partition coefficient (Wildman–Crippen LogP) is 12.0. The van der Waals surface area contributed by atoms with E-state index in [9.17, 15) is 0 Å². The smallest absolute Gasteiger partial charge is 0.164 e. The molecule has 0 amide bonds. The van der Waals surface area contributed by atoms with Crippen molar-refractivity contribution in [1.29, 1.82) is 0 Å². The number of hydrogen-bond donors (Lipinski definition) is 0. The Morgan fingerprint density at radius 2 is 0.880 bits per heavy atom. The monoisotopic (exact) mass is 656 g/mol. The van der Waals surface area contributed by atoms with Crippen LogP contribution in [0.1, 0.15) is 0 Å². The molecule has 0 aliphatic heterocycles. The second-order valence-electron chi connectivity index (χ2n) is 12.5. The predicted molar refractivity (Wildman–Crippen MR) is 209 cm³/mol. The van der Waals surface area contributed by atoms with E-state index < -0.39 is 0 Å². The number of aromatic nitrogens is 4. The summed E-state index contributed by atoms with van der Waals surface area (Å²) in [6, 6.07) is 59.8. The molecule has 0 N–H and O–H groups in total. The fourth-order valence-corrected chi connectivity index (χ4v) is 8.16. The van der Waals surface area contributed by atoms with Gasteiger partial charge in [0.1, 0.15) is 0 Å². The molecule has 10 rings (SSSR count). The van der Waals surface area contributed by atoms with Crippen molar-refractivity contribution in [3.05, 3.63) is 170 Å². The van der Waals surface area contributed by atoms with E-state index in [0.717, 1.165) is 22.4 Å². The molecule has 0 radical (unpaired) electrons. The van der Waals surface area contributed by atoms with Crippen LogP contribution in [0.5, 0.6) is 0 Å². The van der Waals surface area contributed by atoms with Crippen LogP contribution < -0.4 is 0 Å². The second-order valence-corrected chi connectivity index (χ2v) is 13.6. The van der Waals surface area contributed by atoms with Gasteiger partial charge in [-0.25, -0.2) is 15.0 Å². The van der Waals surface area contributed by atoms with Gasteiger partial charge in [-0.05, 0) is 59.7 Å². The van der Waals surface area contributed by atoms with Gasteiger partial charge in [-0.2, -0.15) is 0 Å². The Morgan fingerprint density at radius 1 is 0.340 bits per heavy atom. The summed E-state index contributed by atoms with van der Waals surface area (Å²) in [7, 11) is 0. The summed E-state index contributed by atoms with van der Waals surface area (Å²) < 4.78 is 4.87. The first-order chi connectivity index (χ1) is 24.8. The third-order valence-corrected chi connectivity index (χ3v) is 10.6. The molecule has 5 heteroatoms. The second kappa shape index (κ2) is 11.6. The molecule has 0 bridgehead atoms. The van der Waals surface area contributed by atoms with Gasteiger partial charge in [0.2, 0.25) is 0 Å². The number of thiophene rings is 1. The highest BCUT2D eigenvalue weighted by Crippen LogP contribution is 2.40. The standard InChI is InChI=1S/C45H28N4S/c1-4-12-29(13-5-1)43-46-44(30-14-6-2-7-15-30)48-45(47-43)33-22-25-41-38(26-33)37-24-21-32(28-42(37)50-41)31-20-23-36-35-18-10-11-19-39(35)49(40(36)27-31)34-16-8-3-9-17-34/h1-28H. The van der Waals surface area contributed by atoms with Crippen LogP contribution in [0, 0.1) is 0 Å². The summed E-state index contributed by atoms with van der Waals surface area (Å²) in [4.78, 5) is 14.8. The average Bonchev–Trinajstić information content (AvgIpc) is 3.73. The molecule has 234 valence electrons. The summed E-state index contributed by atoms with van der Waals surface area (Å²) in [5.74, 6) is 1.99. The van der Waals surface area contributed by atoms with Crippen molar-refractivity contribution in [2.45, 2.75) is 0 Å². The molecule has 3 heterocycles. The Balaban J connectivity index is 1.09. The number of fused-ring (bicyclic) bond motifs is 6. The van der Waals surface area contributed by atoms with E-state index >= 15 is 0 Å². The van der Waals surface area contributed by atoms with E-state index in [1.54, 1.807) is 0 Å². The lowest BCUT2D eigenvalue weighted by molar-refractivity contribution is 1.07. The highest BCUT2D eigenvalue weighted by Gasteiger charge is 2.16. The highest BCUT2D eigenvalue weighted by molar-refractivity contribution is 7.25. The van der Waals surface area contributed by atoms with Crippen LogP contribution in [-0.2, 0) is 0 Å². The Hall–Kier alpha value is -6.43. The van der Waals surface area contributed by atoms with Crippen molar-refractivity contribution in [2.75, 3.05) is 0 Å². The molecule has 10 aromatic rings. The van der Waals surface area contributed by atoms with Gasteiger partial charge in [0.15, 0.2) is 17.5 Å². The summed E-state index contributed by atoms with van der Waals surface area (Å²) in [6.07, 6.45) is 0. The van der Waals surface area contributed by atoms with E-state index in [1.807, 2.05) is 72.0 Å². The average molecular weight is 657 g/mol. The number of rotatable bonds is 5. The minimum Gasteiger partial charge on any atom is -0.309 e. The fraction of sp³-hybridized carbons (Fsp3) is 0. The lowest BCUT2D eigenvalue weighted by Crippen LogP contribution is -2.00. The Morgan fingerprint density at radius 3 is 1.58 bits per heavy atom. The van der Waals surface area contributed by atoms with E-state index in [0.29, 0.717) is 17.5 Å². The summed E-state index contributed by atoms with van der Waals surface area (Å²) in [6.45, 7) is 0. The molecule has 0 aliphatic carbocycles. The van der Waals surface area contributed by atoms with E-state index in [4.69, 9.17) is 15.0 Å². The highest BCUT2D eigenvalue weighted by atomic mass is 32.1. The summed E-state index contributed by atoms with van der Waals surface area (Å²) in [5.41, 5.74) is 8.88. The van der Waals surface area contributed by atoms with E-state index in [-0.39, 0.29) is 0 Å². The largest absolute Gasteiger partial charge is 0.309 e. The number of nitrogens with zero attached hydrogens (tertiary/aromatic N) is 4. The number of benzene rings is 7. The van der Waals surface area contributed by atoms with E-state index in [2.05, 4.69) is 114 Å². The zero-order chi connectivity index (χ0) is 33.0. The molecular weight excluding hydrogens is 629 g/mol. The van der Waals surface area contributed by atoms with Crippen molar-refractivity contribution in [3.63, 3.8) is 0 Å². The summed E-state index contributed by atoms with van der Waals surface area (Å²) in [5, 5.41) is 4.96. The fourth-order valence-electron chi connectivity index (χ4n) is 7.04. The number of para-hydroxylation sites is 2. The van der Waals surface area contributed by atoms with Crippen molar-refractivity contribution >= 4 is 53.3 Å². The third-order valence-electron chi connectivity index (χ3n) is 9.45. The maximum atomic E-state index is 4.97. The molecule has 0 atom stereocenters. The van der Waals surface area contributed by atoms with Crippen molar-refractivity contribution in [3.8, 4) is 51.0 Å². The van der Waals surface area contributed by atoms with Crippen LogP contribution in [0.2, 0.25) is 0 Å². The molecule has 0 saturated carbocycles. The van der Waals surface area contributed by atoms with Crippen LogP contribution in [-0.4, -0.2) is 19.5 Å². The van der Waals surface area contributed by atoms with Gasteiger partial charge in [-0.1, -0.05) is 121 Å². The summed E-state index contributed by atoms with van der Waals surface area (Å²) >= 11 is 1.82. The molecule has 0 aliphatic rings. The Bertz CT molecular complexity index is 2800. The first-order valence-electron chi connectivity index (χ1n) is 16.7. The first kappa shape index (κ1) is 28.6. The van der Waals surface area contributed by atoms with Gasteiger partial charge in [0, 0.05) is 53.3 Å². The molecule has 50 heavy (non-hydrogen) atoms. The Labute approximate surface area is 292 Å². The number of hydrogen-bond acceptors (Lipinski definition) is 4. The minimum atomic E-state index is 0.664. The van der Waals surface area contributed by atoms with Gasteiger partial charge in [-0.15, -0.1) is 11.3 Å². The molecule has 4 nitrogen and oxygen atoms in total. The zero-order valence-corrected chi connectivity index (χ0v) is 27.7. The first-order valence-corrected chi connectivity index (χ1v) is 17.5. The molecule has 0 fully saturated rings. The molecule has 0 saturated heterocycles. The molecule has 7 aromatic carbocycles. The van der Waals surface area contributed by atoms with Crippen LogP contribution in [0.15, 0.2) is 170 Å². The van der Waals surface area contributed by atoms with Gasteiger partial charge in [0.25, 0.3) is 0 Å². The van der Waals surface area contributed by atoms with Gasteiger partial charge >= 0.3 is 0 Å². The van der Waals surface area contributed by atoms with Crippen molar-refractivity contribution in [1.82, 2.24) is 19.5 Å². The van der Waals surface area contributed by atoms with Crippen LogP contribution in [0.3, 0.4) is 0 Å². The lowest BCUT2D eigenvalue weighted by atomic mass is 10.0. The molecule has 0 spiro atoms. The van der Waals surface area contributed by atoms with Crippen LogP contribution in [0.25, 0.3) is 93.0 Å². The lowest BCUT2D eigenvalue weighted by Gasteiger charge is -2.09. The quantitative estimate of drug-likeness (QED) is 0.185. The molecule has 0 unspecified atom stereocenters. The molecule has 3 aromatic heterocycles. The normalized spacial score (nSPS) is 11.6. The Kier molecular flexibility index (Phi) is 6.64. The van der Waals surface area contributed by atoms with E-state index in [1.165, 1.54) is 53.1 Å². The van der Waals surface area contributed by atoms with Gasteiger partial charge in [0.05, 0.1) is 11.0 Å². The van der Waals surface area contributed by atoms with Crippen molar-refractivity contribution < 1.29 is 0 Å². The third kappa shape index (κ3) is 4.79. The zero-order valence-electron chi connectivity index (χ0n) is 26.9. The maximum Gasteiger partial charge on any atom is 0.164 e. The minimum absolute atomic E-state index is 0.664. The SMILES string of the molecule is c1ccc(-c2nc(-c3ccccc3)nc(-c3ccc4sc5cc(-c6ccc7c8ccccc8n(-c8ccccc8)c7c6)ccc5c4c3)n2)cc1. The van der Waals surface area contributed by atoms with Gasteiger partial charge in [-0.3, -0.25) is 0 Å². The van der Waals surface area contributed by atoms with Gasteiger partial charge < -0.3 is 4.57 Å². The maximum absolute atomic E-state index is 4.97. The van der Waals surface area contributed by atoms with Crippen LogP contribution in [0.4, 0.5) is 0 Å². The van der Waals surface area contributed by atoms with Crippen LogP contribution >= 0.6 is 11.3 Å². The van der Waals surface area contributed by atoms with Crippen molar-refractivity contribution in [2.24, 2.45) is 0 Å². The molecular formula is C45H28N4S. The topological polar surface area (TPSA) is 43.6 Å².